The molecule has 90 valence electrons. The van der Waals surface area contributed by atoms with Gasteiger partial charge in [-0.05, 0) is 42.3 Å². The first-order valence-electron chi connectivity index (χ1n) is 5.90. The molecular formula is C15H13FN2. The van der Waals surface area contributed by atoms with Gasteiger partial charge in [0.05, 0.1) is 11.0 Å². The first-order valence-corrected chi connectivity index (χ1v) is 5.90. The van der Waals surface area contributed by atoms with E-state index >= 15 is 0 Å². The number of halogens is 1. The van der Waals surface area contributed by atoms with E-state index in [2.05, 4.69) is 23.0 Å². The number of nitrogens with one attached hydrogen (secondary N) is 1. The number of rotatable bonds is 2. The molecule has 2 aromatic carbocycles. The normalized spacial score (nSPS) is 11.0. The molecule has 3 aromatic rings. The molecule has 0 unspecified atom stereocenters. The number of nitrogens with zero attached hydrogens (tertiary/aromatic N) is 1. The molecule has 0 bridgehead atoms. The topological polar surface area (TPSA) is 28.7 Å². The monoisotopic (exact) mass is 240 g/mol. The van der Waals surface area contributed by atoms with Gasteiger partial charge in [-0.3, -0.25) is 0 Å². The van der Waals surface area contributed by atoms with Crippen LogP contribution in [0.2, 0.25) is 0 Å². The Bertz CT molecular complexity index is 683. The molecule has 0 fully saturated rings. The van der Waals surface area contributed by atoms with Crippen LogP contribution in [0.5, 0.6) is 0 Å². The summed E-state index contributed by atoms with van der Waals surface area (Å²) in [4.78, 5) is 7.82. The molecule has 0 radical (unpaired) electrons. The van der Waals surface area contributed by atoms with E-state index in [-0.39, 0.29) is 5.82 Å². The zero-order valence-electron chi connectivity index (χ0n) is 10.1. The van der Waals surface area contributed by atoms with Gasteiger partial charge in [0.1, 0.15) is 11.6 Å². The highest BCUT2D eigenvalue weighted by molar-refractivity contribution is 5.75. The molecule has 0 saturated carbocycles. The zero-order valence-corrected chi connectivity index (χ0v) is 10.1. The predicted molar refractivity (Wildman–Crippen MR) is 70.0 cm³/mol. The summed E-state index contributed by atoms with van der Waals surface area (Å²) >= 11 is 0. The Morgan fingerprint density at radius 2 is 1.89 bits per heavy atom. The van der Waals surface area contributed by atoms with E-state index < -0.39 is 0 Å². The van der Waals surface area contributed by atoms with Crippen LogP contribution >= 0.6 is 0 Å². The van der Waals surface area contributed by atoms with Gasteiger partial charge >= 0.3 is 0 Å². The Labute approximate surface area is 104 Å². The fourth-order valence-electron chi connectivity index (χ4n) is 2.06. The first-order chi connectivity index (χ1) is 8.70. The zero-order chi connectivity index (χ0) is 12.5. The van der Waals surface area contributed by atoms with Gasteiger partial charge < -0.3 is 4.98 Å². The molecule has 0 aliphatic heterocycles. The molecule has 1 N–H and O–H groups in total. The van der Waals surface area contributed by atoms with Crippen LogP contribution in [0.15, 0.2) is 42.5 Å². The summed E-state index contributed by atoms with van der Waals surface area (Å²) in [5.74, 6) is 0.696. The minimum atomic E-state index is -0.209. The van der Waals surface area contributed by atoms with Gasteiger partial charge in [-0.1, -0.05) is 18.2 Å². The fourth-order valence-corrected chi connectivity index (χ4v) is 2.06. The number of aromatic amines is 1. The Balaban J connectivity index is 1.92. The van der Waals surface area contributed by atoms with E-state index in [1.165, 1.54) is 17.7 Å². The van der Waals surface area contributed by atoms with Crippen LogP contribution in [0.1, 0.15) is 17.0 Å². The van der Waals surface area contributed by atoms with Crippen LogP contribution in [0.4, 0.5) is 4.39 Å². The smallest absolute Gasteiger partial charge is 0.123 e. The van der Waals surface area contributed by atoms with E-state index in [0.29, 0.717) is 6.42 Å². The van der Waals surface area contributed by atoms with Crippen molar-refractivity contribution in [3.8, 4) is 0 Å². The molecule has 0 aliphatic rings. The maximum absolute atomic E-state index is 12.8. The molecule has 0 spiro atoms. The largest absolute Gasteiger partial charge is 0.342 e. The number of benzene rings is 2. The summed E-state index contributed by atoms with van der Waals surface area (Å²) in [6.07, 6.45) is 0.688. The lowest BCUT2D eigenvalue weighted by Crippen LogP contribution is -1.90. The number of H-pyrrole nitrogens is 1. The van der Waals surface area contributed by atoms with Gasteiger partial charge in [0.2, 0.25) is 0 Å². The second kappa shape index (κ2) is 4.26. The van der Waals surface area contributed by atoms with Crippen LogP contribution < -0.4 is 0 Å². The van der Waals surface area contributed by atoms with Crippen molar-refractivity contribution >= 4 is 11.0 Å². The maximum atomic E-state index is 12.8. The second-order valence-electron chi connectivity index (χ2n) is 4.51. The highest BCUT2D eigenvalue weighted by atomic mass is 19.1. The molecule has 0 aliphatic carbocycles. The molecule has 3 heteroatoms. The van der Waals surface area contributed by atoms with Gasteiger partial charge in [0, 0.05) is 6.42 Å². The highest BCUT2D eigenvalue weighted by Crippen LogP contribution is 2.15. The Morgan fingerprint density at radius 1 is 1.11 bits per heavy atom. The van der Waals surface area contributed by atoms with Crippen molar-refractivity contribution in [3.05, 3.63) is 65.2 Å². The van der Waals surface area contributed by atoms with Crippen molar-refractivity contribution in [2.75, 3.05) is 0 Å². The van der Waals surface area contributed by atoms with Crippen LogP contribution in [-0.4, -0.2) is 9.97 Å². The van der Waals surface area contributed by atoms with Gasteiger partial charge in [0.15, 0.2) is 0 Å². The van der Waals surface area contributed by atoms with Crippen LogP contribution in [0, 0.1) is 12.7 Å². The predicted octanol–water partition coefficient (Wildman–Crippen LogP) is 3.60. The lowest BCUT2D eigenvalue weighted by Gasteiger charge is -1.97. The lowest BCUT2D eigenvalue weighted by molar-refractivity contribution is 0.627. The summed E-state index contributed by atoms with van der Waals surface area (Å²) in [5, 5.41) is 0. The van der Waals surface area contributed by atoms with Crippen LogP contribution in [-0.2, 0) is 6.42 Å². The molecule has 1 heterocycles. The molecule has 0 saturated heterocycles. The number of imidazole rings is 1. The van der Waals surface area contributed by atoms with Gasteiger partial charge in [-0.2, -0.15) is 0 Å². The highest BCUT2D eigenvalue weighted by Gasteiger charge is 2.04. The third-order valence-corrected chi connectivity index (χ3v) is 2.97. The fraction of sp³-hybridized carbons (Fsp3) is 0.133. The van der Waals surface area contributed by atoms with E-state index in [9.17, 15) is 4.39 Å². The summed E-state index contributed by atoms with van der Waals surface area (Å²) in [7, 11) is 0. The molecular weight excluding hydrogens is 227 g/mol. The van der Waals surface area contributed by atoms with Crippen molar-refractivity contribution in [2.24, 2.45) is 0 Å². The number of hydrogen-bond donors (Lipinski definition) is 1. The number of aryl methyl sites for hydroxylation is 1. The number of fused-ring (bicyclic) bond motifs is 1. The van der Waals surface area contributed by atoms with Crippen LogP contribution in [0.3, 0.4) is 0 Å². The molecule has 2 nitrogen and oxygen atoms in total. The Hall–Kier alpha value is -2.16. The van der Waals surface area contributed by atoms with Crippen molar-refractivity contribution in [1.29, 1.82) is 0 Å². The minimum Gasteiger partial charge on any atom is -0.342 e. The van der Waals surface area contributed by atoms with Crippen molar-refractivity contribution in [2.45, 2.75) is 13.3 Å². The van der Waals surface area contributed by atoms with Crippen molar-refractivity contribution in [3.63, 3.8) is 0 Å². The molecule has 3 rings (SSSR count). The summed E-state index contributed by atoms with van der Waals surface area (Å²) in [6, 6.07) is 12.7. The number of aromatic nitrogens is 2. The van der Waals surface area contributed by atoms with E-state index in [1.807, 2.05) is 12.1 Å². The average Bonchev–Trinajstić information content (AvgIpc) is 2.73. The van der Waals surface area contributed by atoms with E-state index in [0.717, 1.165) is 22.4 Å². The molecule has 0 amide bonds. The lowest BCUT2D eigenvalue weighted by atomic mass is 10.1. The van der Waals surface area contributed by atoms with Gasteiger partial charge in [0.25, 0.3) is 0 Å². The summed E-state index contributed by atoms with van der Waals surface area (Å²) in [6.45, 7) is 2.06. The SMILES string of the molecule is Cc1ccc2nc(Cc3ccc(F)cc3)[nH]c2c1. The Morgan fingerprint density at radius 3 is 2.67 bits per heavy atom. The van der Waals surface area contributed by atoms with Crippen molar-refractivity contribution in [1.82, 2.24) is 9.97 Å². The summed E-state index contributed by atoms with van der Waals surface area (Å²) < 4.78 is 12.8. The quantitative estimate of drug-likeness (QED) is 0.728. The maximum Gasteiger partial charge on any atom is 0.123 e. The average molecular weight is 240 g/mol. The van der Waals surface area contributed by atoms with Crippen LogP contribution in [0.25, 0.3) is 11.0 Å². The summed E-state index contributed by atoms with van der Waals surface area (Å²) in [5.41, 5.74) is 4.27. The molecule has 1 aromatic heterocycles. The number of hydrogen-bond acceptors (Lipinski definition) is 1. The second-order valence-corrected chi connectivity index (χ2v) is 4.51. The third kappa shape index (κ3) is 2.12. The van der Waals surface area contributed by atoms with Gasteiger partial charge in [-0.15, -0.1) is 0 Å². The molecule has 18 heavy (non-hydrogen) atoms. The van der Waals surface area contributed by atoms with Crippen molar-refractivity contribution < 1.29 is 4.39 Å². The Kier molecular flexibility index (Phi) is 2.59. The van der Waals surface area contributed by atoms with E-state index in [4.69, 9.17) is 0 Å². The van der Waals surface area contributed by atoms with E-state index in [1.54, 1.807) is 12.1 Å². The first kappa shape index (κ1) is 11.0. The van der Waals surface area contributed by atoms with Gasteiger partial charge in [-0.25, -0.2) is 9.37 Å². The molecule has 0 atom stereocenters. The minimum absolute atomic E-state index is 0.209. The standard InChI is InChI=1S/C15H13FN2/c1-10-2-7-13-14(8-10)18-15(17-13)9-11-3-5-12(16)6-4-11/h2-8H,9H2,1H3,(H,17,18). The third-order valence-electron chi connectivity index (χ3n) is 2.97.